The van der Waals surface area contributed by atoms with Gasteiger partial charge in [0.2, 0.25) is 0 Å². The number of ketones is 1. The van der Waals surface area contributed by atoms with Crippen LogP contribution < -0.4 is 0 Å². The molecule has 2 atom stereocenters. The van der Waals surface area contributed by atoms with E-state index in [1.54, 1.807) is 0 Å². The van der Waals surface area contributed by atoms with Crippen LogP contribution in [0.2, 0.25) is 0 Å². The van der Waals surface area contributed by atoms with Crippen molar-refractivity contribution >= 4 is 21.7 Å². The van der Waals surface area contributed by atoms with Gasteiger partial charge < -0.3 is 4.74 Å². The van der Waals surface area contributed by atoms with Crippen molar-refractivity contribution < 1.29 is 22.7 Å². The average molecular weight is 297 g/mol. The first-order valence-electron chi connectivity index (χ1n) is 4.71. The largest absolute Gasteiger partial charge is 0.572 e. The van der Waals surface area contributed by atoms with Gasteiger partial charge in [0.05, 0.1) is 4.83 Å². The minimum atomic E-state index is -4.66. The summed E-state index contributed by atoms with van der Waals surface area (Å²) < 4.78 is 39.8. The Balaban J connectivity index is 2.12. The number of allylic oxidation sites excluding steroid dienone is 4. The molecule has 0 spiro atoms. The van der Waals surface area contributed by atoms with Crippen LogP contribution in [0.5, 0.6) is 0 Å². The Bertz CT molecular complexity index is 384. The van der Waals surface area contributed by atoms with Gasteiger partial charge in [-0.1, -0.05) is 22.0 Å². The smallest absolute Gasteiger partial charge is 0.410 e. The number of fused-ring (bicyclic) bond motifs is 1. The first-order chi connectivity index (χ1) is 7.37. The number of alkyl halides is 4. The van der Waals surface area contributed by atoms with Crippen LogP contribution in [-0.2, 0) is 9.53 Å². The molecule has 0 heterocycles. The zero-order valence-corrected chi connectivity index (χ0v) is 9.64. The molecule has 2 aliphatic rings. The van der Waals surface area contributed by atoms with Crippen LogP contribution in [0, 0.1) is 5.92 Å². The average Bonchev–Trinajstić information content (AvgIpc) is 2.40. The predicted molar refractivity (Wildman–Crippen MR) is 53.8 cm³/mol. The summed E-state index contributed by atoms with van der Waals surface area (Å²) in [7, 11) is 0. The Morgan fingerprint density at radius 1 is 1.38 bits per heavy atom. The van der Waals surface area contributed by atoms with E-state index in [9.17, 15) is 18.0 Å². The highest BCUT2D eigenvalue weighted by atomic mass is 79.9. The van der Waals surface area contributed by atoms with Crippen LogP contribution in [0.15, 0.2) is 23.5 Å². The number of carbonyl (C=O) groups excluding carboxylic acids is 1. The first kappa shape index (κ1) is 11.7. The molecule has 0 radical (unpaired) electrons. The molecule has 16 heavy (non-hydrogen) atoms. The highest BCUT2D eigenvalue weighted by Gasteiger charge is 2.40. The van der Waals surface area contributed by atoms with Crippen LogP contribution in [0.25, 0.3) is 0 Å². The summed E-state index contributed by atoms with van der Waals surface area (Å²) in [5.74, 6) is -0.317. The molecule has 0 bridgehead atoms. The monoisotopic (exact) mass is 296 g/mol. The predicted octanol–water partition coefficient (Wildman–Crippen LogP) is 3.09. The SMILES string of the molecule is O=C1C2=CC=C(OC(F)(F)F)CC2CC1Br. The van der Waals surface area contributed by atoms with Gasteiger partial charge in [0.1, 0.15) is 5.76 Å². The number of hydrogen-bond acceptors (Lipinski definition) is 2. The Hall–Kier alpha value is -0.780. The molecule has 0 N–H and O–H groups in total. The molecule has 0 aromatic heterocycles. The Kier molecular flexibility index (Phi) is 2.86. The summed E-state index contributed by atoms with van der Waals surface area (Å²) in [6.07, 6.45) is -1.34. The van der Waals surface area contributed by atoms with E-state index in [1.807, 2.05) is 0 Å². The van der Waals surface area contributed by atoms with Gasteiger partial charge in [0.15, 0.2) is 5.78 Å². The zero-order valence-electron chi connectivity index (χ0n) is 8.05. The normalized spacial score (nSPS) is 29.6. The number of ether oxygens (including phenoxy) is 1. The van der Waals surface area contributed by atoms with Gasteiger partial charge in [-0.15, -0.1) is 13.2 Å². The molecule has 88 valence electrons. The highest BCUT2D eigenvalue weighted by Crippen LogP contribution is 2.40. The molecular formula is C10H8BrF3O2. The van der Waals surface area contributed by atoms with Crippen LogP contribution in [-0.4, -0.2) is 17.0 Å². The maximum absolute atomic E-state index is 12.0. The van der Waals surface area contributed by atoms with E-state index in [-0.39, 0.29) is 28.7 Å². The molecule has 0 amide bonds. The maximum atomic E-state index is 12.0. The molecule has 0 aliphatic heterocycles. The highest BCUT2D eigenvalue weighted by molar-refractivity contribution is 9.10. The van der Waals surface area contributed by atoms with Gasteiger partial charge in [-0.3, -0.25) is 4.79 Å². The summed E-state index contributed by atoms with van der Waals surface area (Å²) in [5.41, 5.74) is 0.594. The lowest BCUT2D eigenvalue weighted by Gasteiger charge is -2.19. The van der Waals surface area contributed by atoms with E-state index < -0.39 is 6.36 Å². The van der Waals surface area contributed by atoms with Crippen LogP contribution in [0.3, 0.4) is 0 Å². The van der Waals surface area contributed by atoms with Gasteiger partial charge >= 0.3 is 6.36 Å². The number of halogens is 4. The lowest BCUT2D eigenvalue weighted by molar-refractivity contribution is -0.306. The van der Waals surface area contributed by atoms with Gasteiger partial charge in [-0.2, -0.15) is 0 Å². The standard InChI is InChI=1S/C10H8BrF3O2/c11-8-4-5-3-6(16-10(12,13)14)1-2-7(5)9(8)15/h1-2,5,8H,3-4H2. The van der Waals surface area contributed by atoms with E-state index in [0.29, 0.717) is 12.0 Å². The van der Waals surface area contributed by atoms with Crippen molar-refractivity contribution in [2.24, 2.45) is 5.92 Å². The van der Waals surface area contributed by atoms with Crippen LogP contribution in [0.4, 0.5) is 13.2 Å². The molecular weight excluding hydrogens is 289 g/mol. The van der Waals surface area contributed by atoms with Gasteiger partial charge in [0, 0.05) is 12.0 Å². The number of Topliss-reactive ketones (excluding diaryl/α,β-unsaturated/α-hetero) is 1. The van der Waals surface area contributed by atoms with Crippen molar-refractivity contribution in [1.29, 1.82) is 0 Å². The van der Waals surface area contributed by atoms with Gasteiger partial charge in [0.25, 0.3) is 0 Å². The van der Waals surface area contributed by atoms with Crippen molar-refractivity contribution in [3.63, 3.8) is 0 Å². The summed E-state index contributed by atoms with van der Waals surface area (Å²) >= 11 is 3.20. The third-order valence-electron chi connectivity index (χ3n) is 2.64. The fourth-order valence-corrected chi connectivity index (χ4v) is 2.71. The second kappa shape index (κ2) is 3.91. The molecule has 0 saturated heterocycles. The number of rotatable bonds is 1. The quantitative estimate of drug-likeness (QED) is 0.695. The van der Waals surface area contributed by atoms with Crippen molar-refractivity contribution in [2.75, 3.05) is 0 Å². The lowest BCUT2D eigenvalue weighted by Crippen LogP contribution is -2.16. The second-order valence-electron chi connectivity index (χ2n) is 3.77. The molecule has 2 rings (SSSR count). The summed E-state index contributed by atoms with van der Waals surface area (Å²) in [6.45, 7) is 0. The third kappa shape index (κ3) is 2.31. The molecule has 0 aromatic carbocycles. The lowest BCUT2D eigenvalue weighted by atomic mass is 9.93. The van der Waals surface area contributed by atoms with Gasteiger partial charge in [-0.25, -0.2) is 0 Å². The Morgan fingerprint density at radius 3 is 2.69 bits per heavy atom. The van der Waals surface area contributed by atoms with Crippen LogP contribution >= 0.6 is 15.9 Å². The molecule has 2 aliphatic carbocycles. The third-order valence-corrected chi connectivity index (χ3v) is 3.43. The Labute approximate surface area is 98.3 Å². The number of hydrogen-bond donors (Lipinski definition) is 0. The topological polar surface area (TPSA) is 26.3 Å². The molecule has 1 saturated carbocycles. The number of carbonyl (C=O) groups is 1. The minimum Gasteiger partial charge on any atom is -0.410 e. The van der Waals surface area contributed by atoms with E-state index in [0.717, 1.165) is 0 Å². The minimum absolute atomic E-state index is 0.0349. The molecule has 2 unspecified atom stereocenters. The first-order valence-corrected chi connectivity index (χ1v) is 5.63. The van der Waals surface area contributed by atoms with Crippen molar-refractivity contribution in [2.45, 2.75) is 24.0 Å². The van der Waals surface area contributed by atoms with E-state index in [4.69, 9.17) is 0 Å². The Morgan fingerprint density at radius 2 is 2.06 bits per heavy atom. The molecule has 2 nitrogen and oxygen atoms in total. The molecule has 1 fully saturated rings. The van der Waals surface area contributed by atoms with Crippen molar-refractivity contribution in [1.82, 2.24) is 0 Å². The molecule has 0 aromatic rings. The van der Waals surface area contributed by atoms with Gasteiger partial charge in [-0.05, 0) is 18.4 Å². The fourth-order valence-electron chi connectivity index (χ4n) is 2.00. The van der Waals surface area contributed by atoms with Crippen molar-refractivity contribution in [3.8, 4) is 0 Å². The maximum Gasteiger partial charge on any atom is 0.572 e. The fraction of sp³-hybridized carbons (Fsp3) is 0.500. The summed E-state index contributed by atoms with van der Waals surface area (Å²) in [4.78, 5) is 11.2. The summed E-state index contributed by atoms with van der Waals surface area (Å²) in [6, 6.07) is 0. The van der Waals surface area contributed by atoms with Crippen molar-refractivity contribution in [3.05, 3.63) is 23.5 Å². The molecule has 6 heteroatoms. The van der Waals surface area contributed by atoms with E-state index >= 15 is 0 Å². The van der Waals surface area contributed by atoms with Crippen LogP contribution in [0.1, 0.15) is 12.8 Å². The van der Waals surface area contributed by atoms with E-state index in [2.05, 4.69) is 20.7 Å². The van der Waals surface area contributed by atoms with E-state index in [1.165, 1.54) is 12.2 Å². The summed E-state index contributed by atoms with van der Waals surface area (Å²) in [5, 5.41) is 0. The second-order valence-corrected chi connectivity index (χ2v) is 4.88. The zero-order chi connectivity index (χ0) is 11.9.